The zero-order valence-electron chi connectivity index (χ0n) is 10.1. The zero-order chi connectivity index (χ0) is 11.5. The van der Waals surface area contributed by atoms with Crippen LogP contribution in [-0.2, 0) is 13.5 Å². The predicted molar refractivity (Wildman–Crippen MR) is 67.1 cm³/mol. The van der Waals surface area contributed by atoms with Crippen molar-refractivity contribution in [2.45, 2.75) is 6.42 Å². The van der Waals surface area contributed by atoms with Gasteiger partial charge in [0.05, 0.1) is 12.6 Å². The van der Waals surface area contributed by atoms with Crippen molar-refractivity contribution in [1.82, 2.24) is 9.88 Å². The van der Waals surface area contributed by atoms with Crippen molar-refractivity contribution in [3.05, 3.63) is 30.0 Å². The van der Waals surface area contributed by atoms with E-state index in [2.05, 4.69) is 29.2 Å². The summed E-state index contributed by atoms with van der Waals surface area (Å²) in [6, 6.07) is 6.18. The maximum atomic E-state index is 5.43. The van der Waals surface area contributed by atoms with Crippen LogP contribution in [0.3, 0.4) is 0 Å². The van der Waals surface area contributed by atoms with Crippen LogP contribution in [0.1, 0.15) is 5.56 Å². The second-order valence-corrected chi connectivity index (χ2v) is 3.97. The zero-order valence-corrected chi connectivity index (χ0v) is 10.1. The van der Waals surface area contributed by atoms with E-state index in [4.69, 9.17) is 4.74 Å². The lowest BCUT2D eigenvalue weighted by atomic mass is 10.1. The Morgan fingerprint density at radius 2 is 2.19 bits per heavy atom. The summed E-state index contributed by atoms with van der Waals surface area (Å²) in [6.45, 7) is 0.983. The molecule has 0 bridgehead atoms. The normalized spacial score (nSPS) is 10.9. The highest BCUT2D eigenvalue weighted by Gasteiger charge is 2.10. The van der Waals surface area contributed by atoms with Gasteiger partial charge < -0.3 is 14.6 Å². The number of hydrogen-bond donors (Lipinski definition) is 1. The van der Waals surface area contributed by atoms with Gasteiger partial charge in [0, 0.05) is 18.6 Å². The third-order valence-corrected chi connectivity index (χ3v) is 2.92. The van der Waals surface area contributed by atoms with Gasteiger partial charge in [0.1, 0.15) is 5.75 Å². The fourth-order valence-electron chi connectivity index (χ4n) is 2.12. The molecule has 0 amide bonds. The summed E-state index contributed by atoms with van der Waals surface area (Å²) >= 11 is 0. The second kappa shape index (κ2) is 4.58. The molecule has 1 aromatic heterocycles. The third-order valence-electron chi connectivity index (χ3n) is 2.92. The summed E-state index contributed by atoms with van der Waals surface area (Å²) in [5.41, 5.74) is 2.56. The van der Waals surface area contributed by atoms with E-state index in [9.17, 15) is 0 Å². The Morgan fingerprint density at radius 3 is 2.88 bits per heavy atom. The van der Waals surface area contributed by atoms with Crippen LogP contribution < -0.4 is 10.1 Å². The first kappa shape index (κ1) is 11.0. The fraction of sp³-hybridized carbons (Fsp3) is 0.385. The molecule has 0 saturated carbocycles. The Labute approximate surface area is 96.0 Å². The van der Waals surface area contributed by atoms with E-state index in [0.29, 0.717) is 0 Å². The summed E-state index contributed by atoms with van der Waals surface area (Å²) in [4.78, 5) is 0. The van der Waals surface area contributed by atoms with Gasteiger partial charge >= 0.3 is 0 Å². The highest BCUT2D eigenvalue weighted by atomic mass is 16.5. The minimum atomic E-state index is 0.962. The van der Waals surface area contributed by atoms with Gasteiger partial charge in [-0.3, -0.25) is 0 Å². The Morgan fingerprint density at radius 1 is 1.38 bits per heavy atom. The van der Waals surface area contributed by atoms with Crippen molar-refractivity contribution >= 4 is 10.9 Å². The molecule has 0 aliphatic heterocycles. The standard InChI is InChI=1S/C13H18N2O/c1-14-8-7-10-9-15(2)11-5-4-6-12(16-3)13(10)11/h4-6,9,14H,7-8H2,1-3H3. The molecule has 86 valence electrons. The number of nitrogens with one attached hydrogen (secondary N) is 1. The van der Waals surface area contributed by atoms with Gasteiger partial charge in [0.15, 0.2) is 0 Å². The number of hydrogen-bond acceptors (Lipinski definition) is 2. The van der Waals surface area contributed by atoms with E-state index in [-0.39, 0.29) is 0 Å². The van der Waals surface area contributed by atoms with Crippen LogP contribution in [0.25, 0.3) is 10.9 Å². The van der Waals surface area contributed by atoms with E-state index < -0.39 is 0 Å². The maximum absolute atomic E-state index is 5.43. The first-order valence-corrected chi connectivity index (χ1v) is 5.53. The van der Waals surface area contributed by atoms with Gasteiger partial charge in [-0.2, -0.15) is 0 Å². The molecular weight excluding hydrogens is 200 g/mol. The largest absolute Gasteiger partial charge is 0.496 e. The lowest BCUT2D eigenvalue weighted by Crippen LogP contribution is -2.10. The number of ether oxygens (including phenoxy) is 1. The average Bonchev–Trinajstić information content (AvgIpc) is 2.64. The van der Waals surface area contributed by atoms with Crippen LogP contribution in [0.4, 0.5) is 0 Å². The molecular formula is C13H18N2O. The van der Waals surface area contributed by atoms with E-state index in [1.807, 2.05) is 19.2 Å². The molecule has 2 rings (SSSR count). The lowest BCUT2D eigenvalue weighted by Gasteiger charge is -2.04. The van der Waals surface area contributed by atoms with Crippen molar-refractivity contribution in [2.24, 2.45) is 7.05 Å². The Balaban J connectivity index is 2.55. The molecule has 0 saturated heterocycles. The average molecular weight is 218 g/mol. The SMILES string of the molecule is CNCCc1cn(C)c2cccc(OC)c12. The highest BCUT2D eigenvalue weighted by molar-refractivity contribution is 5.90. The van der Waals surface area contributed by atoms with Crippen LogP contribution in [0.5, 0.6) is 5.75 Å². The minimum Gasteiger partial charge on any atom is -0.496 e. The van der Waals surface area contributed by atoms with Gasteiger partial charge in [-0.15, -0.1) is 0 Å². The van der Waals surface area contributed by atoms with Crippen molar-refractivity contribution in [1.29, 1.82) is 0 Å². The Kier molecular flexibility index (Phi) is 3.15. The monoisotopic (exact) mass is 218 g/mol. The summed E-state index contributed by atoms with van der Waals surface area (Å²) in [6.07, 6.45) is 3.21. The molecule has 1 aromatic carbocycles. The lowest BCUT2D eigenvalue weighted by molar-refractivity contribution is 0.419. The number of aromatic nitrogens is 1. The highest BCUT2D eigenvalue weighted by Crippen LogP contribution is 2.30. The maximum Gasteiger partial charge on any atom is 0.128 e. The molecule has 1 heterocycles. The number of aryl methyl sites for hydroxylation is 1. The van der Waals surface area contributed by atoms with Crippen molar-refractivity contribution < 1.29 is 4.74 Å². The second-order valence-electron chi connectivity index (χ2n) is 3.97. The molecule has 0 radical (unpaired) electrons. The van der Waals surface area contributed by atoms with Crippen LogP contribution in [0.2, 0.25) is 0 Å². The van der Waals surface area contributed by atoms with Crippen LogP contribution in [0.15, 0.2) is 24.4 Å². The predicted octanol–water partition coefficient (Wildman–Crippen LogP) is 1.95. The Bertz CT molecular complexity index is 488. The summed E-state index contributed by atoms with van der Waals surface area (Å²) < 4.78 is 7.58. The van der Waals surface area contributed by atoms with Crippen LogP contribution >= 0.6 is 0 Å². The summed E-state index contributed by atoms with van der Waals surface area (Å²) in [7, 11) is 5.77. The van der Waals surface area contributed by atoms with E-state index in [1.54, 1.807) is 7.11 Å². The molecule has 0 fully saturated rings. The molecule has 0 unspecified atom stereocenters. The van der Waals surface area contributed by atoms with E-state index in [1.165, 1.54) is 16.5 Å². The number of benzene rings is 1. The minimum absolute atomic E-state index is 0.962. The van der Waals surface area contributed by atoms with Crippen molar-refractivity contribution in [3.8, 4) is 5.75 Å². The molecule has 0 atom stereocenters. The molecule has 3 nitrogen and oxygen atoms in total. The molecule has 16 heavy (non-hydrogen) atoms. The number of fused-ring (bicyclic) bond motifs is 1. The molecule has 1 N–H and O–H groups in total. The van der Waals surface area contributed by atoms with Gasteiger partial charge in [-0.05, 0) is 37.7 Å². The van der Waals surface area contributed by atoms with Crippen molar-refractivity contribution in [2.75, 3.05) is 20.7 Å². The molecule has 0 aliphatic rings. The summed E-state index contributed by atoms with van der Waals surface area (Å²) in [5, 5.41) is 4.42. The Hall–Kier alpha value is -1.48. The van der Waals surface area contributed by atoms with Gasteiger partial charge in [-0.25, -0.2) is 0 Å². The van der Waals surface area contributed by atoms with E-state index in [0.717, 1.165) is 18.7 Å². The molecule has 3 heteroatoms. The first-order valence-electron chi connectivity index (χ1n) is 5.53. The van der Waals surface area contributed by atoms with Crippen molar-refractivity contribution in [3.63, 3.8) is 0 Å². The number of likely N-dealkylation sites (N-methyl/N-ethyl adjacent to an activating group) is 1. The van der Waals surface area contributed by atoms with E-state index >= 15 is 0 Å². The summed E-state index contributed by atoms with van der Waals surface area (Å²) in [5.74, 6) is 0.962. The number of methoxy groups -OCH3 is 1. The quantitative estimate of drug-likeness (QED) is 0.849. The topological polar surface area (TPSA) is 26.2 Å². The number of nitrogens with zero attached hydrogens (tertiary/aromatic N) is 1. The fourth-order valence-corrected chi connectivity index (χ4v) is 2.12. The van der Waals surface area contributed by atoms with Crippen LogP contribution in [0, 0.1) is 0 Å². The third kappa shape index (κ3) is 1.78. The van der Waals surface area contributed by atoms with Gasteiger partial charge in [0.25, 0.3) is 0 Å². The number of rotatable bonds is 4. The smallest absolute Gasteiger partial charge is 0.128 e. The molecule has 2 aromatic rings. The first-order chi connectivity index (χ1) is 7.77. The van der Waals surface area contributed by atoms with Crippen LogP contribution in [-0.4, -0.2) is 25.3 Å². The van der Waals surface area contributed by atoms with Gasteiger partial charge in [0.2, 0.25) is 0 Å². The molecule has 0 aliphatic carbocycles. The molecule has 0 spiro atoms. The van der Waals surface area contributed by atoms with Gasteiger partial charge in [-0.1, -0.05) is 6.07 Å².